The Hall–Kier alpha value is -2.04. The number of hydrogen-bond acceptors (Lipinski definition) is 2. The molecule has 4 aliphatic rings. The minimum absolute atomic E-state index is 0.404. The molecule has 0 radical (unpaired) electrons. The molecule has 124 valence electrons. The van der Waals surface area contributed by atoms with Gasteiger partial charge in [-0.25, -0.2) is 4.99 Å². The quantitative estimate of drug-likeness (QED) is 0.384. The number of fused-ring (bicyclic) bond motifs is 9. The van der Waals surface area contributed by atoms with Crippen molar-refractivity contribution in [2.75, 3.05) is 0 Å². The molecule has 0 unspecified atom stereocenters. The van der Waals surface area contributed by atoms with E-state index in [-0.39, 0.29) is 0 Å². The molecular formula is C22H12Br2N2. The number of nitrogens with zero attached hydrogens (tertiary/aromatic N) is 2. The molecule has 2 aliphatic heterocycles. The molecule has 0 spiro atoms. The number of halogens is 2. The minimum Gasteiger partial charge on any atom is -0.252 e. The third-order valence-corrected chi connectivity index (χ3v) is 6.62. The molecule has 2 heterocycles. The van der Waals surface area contributed by atoms with Crippen molar-refractivity contribution in [1.82, 2.24) is 0 Å². The van der Waals surface area contributed by atoms with Crippen molar-refractivity contribution >= 4 is 76.6 Å². The third kappa shape index (κ3) is 1.86. The molecule has 0 N–H and O–H groups in total. The number of allylic oxidation sites excluding steroid dienone is 8. The topological polar surface area (TPSA) is 24.7 Å². The standard InChI is InChI=1S/C22H12Br2N2/c23-22(24)11-3-5-15-20-13-7-9-17-19(14-4-1-2-6-16(14)25-17)12(13)8-10-18(20)26-21(15)22/h1-5,7-11H,6H2. The minimum atomic E-state index is -0.404. The van der Waals surface area contributed by atoms with Crippen LogP contribution in [0.3, 0.4) is 0 Å². The lowest BCUT2D eigenvalue weighted by Gasteiger charge is -2.21. The number of aliphatic imine (C=N–C) groups is 2. The summed E-state index contributed by atoms with van der Waals surface area (Å²) in [7, 11) is 0. The summed E-state index contributed by atoms with van der Waals surface area (Å²) in [4.78, 5) is 9.75. The molecule has 0 amide bonds. The van der Waals surface area contributed by atoms with Crippen LogP contribution in [0.25, 0.3) is 21.9 Å². The molecule has 2 aromatic carbocycles. The first-order valence-corrected chi connectivity index (χ1v) is 10.1. The Morgan fingerprint density at radius 1 is 0.808 bits per heavy atom. The van der Waals surface area contributed by atoms with Gasteiger partial charge in [0.15, 0.2) is 0 Å². The largest absolute Gasteiger partial charge is 0.252 e. The lowest BCUT2D eigenvalue weighted by Crippen LogP contribution is -2.23. The Kier molecular flexibility index (Phi) is 2.91. The lowest BCUT2D eigenvalue weighted by molar-refractivity contribution is 1.43. The molecule has 4 heteroatoms. The first-order chi connectivity index (χ1) is 12.6. The maximum absolute atomic E-state index is 4.90. The summed E-state index contributed by atoms with van der Waals surface area (Å²) in [5.74, 6) is 0. The fourth-order valence-electron chi connectivity index (χ4n) is 4.22. The van der Waals surface area contributed by atoms with Gasteiger partial charge in [0.05, 0.1) is 22.8 Å². The van der Waals surface area contributed by atoms with Gasteiger partial charge in [-0.3, -0.25) is 4.99 Å². The van der Waals surface area contributed by atoms with Crippen molar-refractivity contribution in [1.29, 1.82) is 0 Å². The van der Waals surface area contributed by atoms with E-state index < -0.39 is 3.23 Å². The Labute approximate surface area is 167 Å². The molecular weight excluding hydrogens is 452 g/mol. The summed E-state index contributed by atoms with van der Waals surface area (Å²) >= 11 is 7.48. The SMILES string of the molecule is BrC1(Br)C=CC=C2C1=Nc1ccc3c4c(ccc3c12)N=C1CC=CC=C14. The Morgan fingerprint density at radius 3 is 2.31 bits per heavy atom. The van der Waals surface area contributed by atoms with Gasteiger partial charge in [-0.05, 0) is 22.9 Å². The lowest BCUT2D eigenvalue weighted by atomic mass is 9.88. The molecule has 0 saturated carbocycles. The van der Waals surface area contributed by atoms with Crippen LogP contribution in [0, 0.1) is 0 Å². The normalized spacial score (nSPS) is 20.7. The van der Waals surface area contributed by atoms with Crippen LogP contribution >= 0.6 is 31.9 Å². The highest BCUT2D eigenvalue weighted by atomic mass is 79.9. The number of rotatable bonds is 0. The molecule has 0 bridgehead atoms. The zero-order valence-electron chi connectivity index (χ0n) is 13.6. The average Bonchev–Trinajstić information content (AvgIpc) is 3.20. The summed E-state index contributed by atoms with van der Waals surface area (Å²) in [5.41, 5.74) is 9.21. The molecule has 0 aromatic heterocycles. The first kappa shape index (κ1) is 15.1. The van der Waals surface area contributed by atoms with Gasteiger partial charge >= 0.3 is 0 Å². The summed E-state index contributed by atoms with van der Waals surface area (Å²) in [6.07, 6.45) is 13.7. The maximum atomic E-state index is 4.90. The van der Waals surface area contributed by atoms with Gasteiger partial charge in [0.2, 0.25) is 0 Å². The van der Waals surface area contributed by atoms with Crippen molar-refractivity contribution in [3.05, 3.63) is 71.8 Å². The van der Waals surface area contributed by atoms with E-state index in [2.05, 4.69) is 92.6 Å². The second-order valence-electron chi connectivity index (χ2n) is 6.81. The van der Waals surface area contributed by atoms with Crippen LogP contribution in [0.4, 0.5) is 11.4 Å². The molecule has 0 saturated heterocycles. The Bertz CT molecular complexity index is 1220. The van der Waals surface area contributed by atoms with E-state index in [9.17, 15) is 0 Å². The van der Waals surface area contributed by atoms with E-state index in [0.717, 1.165) is 23.5 Å². The van der Waals surface area contributed by atoms with Crippen molar-refractivity contribution in [3.8, 4) is 0 Å². The molecule has 26 heavy (non-hydrogen) atoms. The smallest absolute Gasteiger partial charge is 0.141 e. The van der Waals surface area contributed by atoms with Gasteiger partial charge < -0.3 is 0 Å². The fraction of sp³-hybridized carbons (Fsp3) is 0.0909. The molecule has 2 aromatic rings. The second-order valence-corrected chi connectivity index (χ2v) is 10.4. The average molecular weight is 464 g/mol. The van der Waals surface area contributed by atoms with E-state index in [0.29, 0.717) is 0 Å². The first-order valence-electron chi connectivity index (χ1n) is 8.55. The summed E-state index contributed by atoms with van der Waals surface area (Å²) in [5, 5.41) is 2.49. The maximum Gasteiger partial charge on any atom is 0.141 e. The highest BCUT2D eigenvalue weighted by molar-refractivity contribution is 9.26. The van der Waals surface area contributed by atoms with Crippen LogP contribution in [0.5, 0.6) is 0 Å². The van der Waals surface area contributed by atoms with E-state index in [1.54, 1.807) is 0 Å². The van der Waals surface area contributed by atoms with E-state index in [4.69, 9.17) is 9.98 Å². The number of alkyl halides is 2. The van der Waals surface area contributed by atoms with Crippen LogP contribution < -0.4 is 0 Å². The second kappa shape index (κ2) is 5.02. The molecule has 2 nitrogen and oxygen atoms in total. The van der Waals surface area contributed by atoms with Crippen molar-refractivity contribution in [2.24, 2.45) is 9.98 Å². The summed E-state index contributed by atoms with van der Waals surface area (Å²) < 4.78 is -0.404. The van der Waals surface area contributed by atoms with Gasteiger partial charge in [0.1, 0.15) is 3.23 Å². The zero-order chi connectivity index (χ0) is 17.5. The van der Waals surface area contributed by atoms with Crippen LogP contribution in [-0.4, -0.2) is 14.7 Å². The van der Waals surface area contributed by atoms with E-state index in [1.807, 2.05) is 0 Å². The van der Waals surface area contributed by atoms with E-state index in [1.165, 1.54) is 38.8 Å². The fourth-order valence-corrected chi connectivity index (χ4v) is 5.13. The van der Waals surface area contributed by atoms with Crippen molar-refractivity contribution in [2.45, 2.75) is 9.65 Å². The van der Waals surface area contributed by atoms with Crippen LogP contribution in [-0.2, 0) is 0 Å². The molecule has 0 fully saturated rings. The number of benzene rings is 2. The zero-order valence-corrected chi connectivity index (χ0v) is 16.8. The predicted octanol–water partition coefficient (Wildman–Crippen LogP) is 6.79. The Balaban J connectivity index is 1.65. The molecule has 2 aliphatic carbocycles. The molecule has 6 rings (SSSR count). The Morgan fingerprint density at radius 2 is 1.50 bits per heavy atom. The third-order valence-electron chi connectivity index (χ3n) is 5.34. The highest BCUT2D eigenvalue weighted by Crippen LogP contribution is 2.51. The van der Waals surface area contributed by atoms with Gasteiger partial charge in [0, 0.05) is 28.7 Å². The van der Waals surface area contributed by atoms with Crippen LogP contribution in [0.1, 0.15) is 17.5 Å². The van der Waals surface area contributed by atoms with Crippen LogP contribution in [0.15, 0.2) is 70.7 Å². The monoisotopic (exact) mass is 462 g/mol. The van der Waals surface area contributed by atoms with Crippen molar-refractivity contribution < 1.29 is 0 Å². The number of hydrogen-bond donors (Lipinski definition) is 0. The highest BCUT2D eigenvalue weighted by Gasteiger charge is 2.37. The summed E-state index contributed by atoms with van der Waals surface area (Å²) in [6.45, 7) is 0. The van der Waals surface area contributed by atoms with Gasteiger partial charge in [0.25, 0.3) is 0 Å². The van der Waals surface area contributed by atoms with Crippen molar-refractivity contribution in [3.63, 3.8) is 0 Å². The van der Waals surface area contributed by atoms with Crippen LogP contribution in [0.2, 0.25) is 0 Å². The summed E-state index contributed by atoms with van der Waals surface area (Å²) in [6, 6.07) is 8.68. The van der Waals surface area contributed by atoms with Gasteiger partial charge in [-0.2, -0.15) is 0 Å². The molecule has 0 atom stereocenters. The van der Waals surface area contributed by atoms with Gasteiger partial charge in [-0.1, -0.05) is 80.4 Å². The predicted molar refractivity (Wildman–Crippen MR) is 118 cm³/mol. The van der Waals surface area contributed by atoms with E-state index >= 15 is 0 Å². The van der Waals surface area contributed by atoms with Gasteiger partial charge in [-0.15, -0.1) is 0 Å².